The molecule has 172 valence electrons. The molecule has 0 aliphatic rings. The van der Waals surface area contributed by atoms with Crippen molar-refractivity contribution in [3.05, 3.63) is 71.2 Å². The number of alkyl halides is 3. The minimum atomic E-state index is -4.50. The molecule has 32 heavy (non-hydrogen) atoms. The van der Waals surface area contributed by atoms with Crippen LogP contribution in [0, 0.1) is 6.92 Å². The Morgan fingerprint density at radius 3 is 2.44 bits per heavy atom. The molecule has 0 unspecified atom stereocenters. The molecule has 1 amide bonds. The Morgan fingerprint density at radius 1 is 1.16 bits per heavy atom. The van der Waals surface area contributed by atoms with Crippen LogP contribution >= 0.6 is 12.4 Å². The fourth-order valence-electron chi connectivity index (χ4n) is 3.64. The van der Waals surface area contributed by atoms with Crippen LogP contribution in [0.1, 0.15) is 21.6 Å². The number of nitrogens with zero attached hydrogens (tertiary/aromatic N) is 2. The predicted octanol–water partition coefficient (Wildman–Crippen LogP) is 5.57. The zero-order chi connectivity index (χ0) is 22.9. The number of benzene rings is 2. The molecule has 2 aromatic carbocycles. The SMILES string of the molecule is Cc1c(-c2cccc(C(F)(F)F)c2)c2cc(C(=O)N(C)C)ccc2n1CC(F)=CCN.Cl. The summed E-state index contributed by atoms with van der Waals surface area (Å²) in [5, 5.41) is 0.574. The maximum atomic E-state index is 14.3. The summed E-state index contributed by atoms with van der Waals surface area (Å²) in [6, 6.07) is 9.94. The van der Waals surface area contributed by atoms with Crippen molar-refractivity contribution in [2.45, 2.75) is 19.6 Å². The number of hydrogen-bond donors (Lipinski definition) is 1. The van der Waals surface area contributed by atoms with E-state index in [4.69, 9.17) is 5.73 Å². The largest absolute Gasteiger partial charge is 0.416 e. The normalized spacial score (nSPS) is 12.1. The van der Waals surface area contributed by atoms with E-state index in [1.165, 1.54) is 17.0 Å². The lowest BCUT2D eigenvalue weighted by Crippen LogP contribution is -2.21. The van der Waals surface area contributed by atoms with Crippen molar-refractivity contribution in [1.82, 2.24) is 9.47 Å². The summed E-state index contributed by atoms with van der Waals surface area (Å²) < 4.78 is 55.9. The third-order valence-electron chi connectivity index (χ3n) is 5.10. The highest BCUT2D eigenvalue weighted by molar-refractivity contribution is 6.04. The first-order valence-corrected chi connectivity index (χ1v) is 9.61. The maximum absolute atomic E-state index is 14.3. The van der Waals surface area contributed by atoms with E-state index in [0.717, 1.165) is 12.1 Å². The first-order valence-electron chi connectivity index (χ1n) is 9.61. The van der Waals surface area contributed by atoms with E-state index >= 15 is 0 Å². The van der Waals surface area contributed by atoms with Gasteiger partial charge in [0.05, 0.1) is 12.1 Å². The van der Waals surface area contributed by atoms with Crippen molar-refractivity contribution in [2.24, 2.45) is 5.73 Å². The molecule has 0 aliphatic heterocycles. The summed E-state index contributed by atoms with van der Waals surface area (Å²) in [5.41, 5.74) is 7.07. The lowest BCUT2D eigenvalue weighted by atomic mass is 9.99. The number of halogens is 5. The van der Waals surface area contributed by atoms with Gasteiger partial charge in [-0.1, -0.05) is 12.1 Å². The minimum absolute atomic E-state index is 0. The number of hydrogen-bond acceptors (Lipinski definition) is 2. The quantitative estimate of drug-likeness (QED) is 0.496. The van der Waals surface area contributed by atoms with Crippen LogP contribution in [-0.4, -0.2) is 36.0 Å². The molecule has 0 spiro atoms. The Morgan fingerprint density at radius 2 is 1.84 bits per heavy atom. The van der Waals surface area contributed by atoms with Crippen molar-refractivity contribution >= 4 is 29.2 Å². The van der Waals surface area contributed by atoms with Crippen molar-refractivity contribution in [3.63, 3.8) is 0 Å². The van der Waals surface area contributed by atoms with E-state index in [0.29, 0.717) is 33.3 Å². The van der Waals surface area contributed by atoms with Crippen molar-refractivity contribution in [2.75, 3.05) is 20.6 Å². The standard InChI is InChI=1S/C23H23F4N3O.ClH/c1-14-21(15-5-4-6-17(11-15)23(25,26)27)19-12-16(22(31)29(2)3)7-8-20(19)30(14)13-18(24)9-10-28;/h4-9,11-12H,10,13,28H2,1-3H3;1H. The summed E-state index contributed by atoms with van der Waals surface area (Å²) in [4.78, 5) is 13.9. The highest BCUT2D eigenvalue weighted by Gasteiger charge is 2.31. The first-order chi connectivity index (χ1) is 14.5. The Kier molecular flexibility index (Phi) is 7.74. The first kappa shape index (κ1) is 25.4. The van der Waals surface area contributed by atoms with Crippen LogP contribution in [0.25, 0.3) is 22.0 Å². The highest BCUT2D eigenvalue weighted by Crippen LogP contribution is 2.38. The smallest absolute Gasteiger partial charge is 0.345 e. The highest BCUT2D eigenvalue weighted by atomic mass is 35.5. The van der Waals surface area contributed by atoms with Crippen LogP contribution in [0.15, 0.2) is 54.4 Å². The molecule has 0 fully saturated rings. The van der Waals surface area contributed by atoms with Crippen molar-refractivity contribution in [3.8, 4) is 11.1 Å². The molecule has 0 saturated heterocycles. The van der Waals surface area contributed by atoms with Gasteiger partial charge in [0.25, 0.3) is 5.91 Å². The van der Waals surface area contributed by atoms with Crippen LogP contribution in [-0.2, 0) is 12.7 Å². The molecule has 0 atom stereocenters. The Bertz CT molecular complexity index is 1170. The number of nitrogens with two attached hydrogens (primary N) is 1. The monoisotopic (exact) mass is 469 g/mol. The second-order valence-electron chi connectivity index (χ2n) is 7.44. The molecule has 3 aromatic rings. The Balaban J connectivity index is 0.00000363. The molecule has 0 aliphatic carbocycles. The number of carbonyl (C=O) groups is 1. The zero-order valence-corrected chi connectivity index (χ0v) is 18.6. The summed E-state index contributed by atoms with van der Waals surface area (Å²) >= 11 is 0. The van der Waals surface area contributed by atoms with Crippen LogP contribution < -0.4 is 5.73 Å². The van der Waals surface area contributed by atoms with Crippen LogP contribution in [0.5, 0.6) is 0 Å². The molecule has 1 heterocycles. The minimum Gasteiger partial charge on any atom is -0.345 e. The molecule has 0 bridgehead atoms. The lowest BCUT2D eigenvalue weighted by molar-refractivity contribution is -0.137. The van der Waals surface area contributed by atoms with Gasteiger partial charge in [-0.25, -0.2) is 4.39 Å². The van der Waals surface area contributed by atoms with E-state index in [1.54, 1.807) is 49.9 Å². The van der Waals surface area contributed by atoms with E-state index in [2.05, 4.69) is 0 Å². The summed E-state index contributed by atoms with van der Waals surface area (Å²) in [7, 11) is 3.23. The van der Waals surface area contributed by atoms with Gasteiger partial charge < -0.3 is 15.2 Å². The van der Waals surface area contributed by atoms with Crippen molar-refractivity contribution in [1.29, 1.82) is 0 Å². The third kappa shape index (κ3) is 4.97. The van der Waals surface area contributed by atoms with E-state index < -0.39 is 17.6 Å². The van der Waals surface area contributed by atoms with Gasteiger partial charge in [-0.05, 0) is 48.9 Å². The van der Waals surface area contributed by atoms with Gasteiger partial charge in [-0.15, -0.1) is 12.4 Å². The van der Waals surface area contributed by atoms with E-state index in [9.17, 15) is 22.4 Å². The number of amides is 1. The molecule has 0 radical (unpaired) electrons. The molecular formula is C23H24ClF4N3O. The topological polar surface area (TPSA) is 51.3 Å². The van der Waals surface area contributed by atoms with Gasteiger partial charge in [-0.2, -0.15) is 13.2 Å². The fourth-order valence-corrected chi connectivity index (χ4v) is 3.64. The molecule has 1 aromatic heterocycles. The third-order valence-corrected chi connectivity index (χ3v) is 5.10. The molecule has 9 heteroatoms. The molecule has 0 saturated carbocycles. The summed E-state index contributed by atoms with van der Waals surface area (Å²) in [6.45, 7) is 1.64. The second kappa shape index (κ2) is 9.75. The number of allylic oxidation sites excluding steroid dienone is 1. The summed E-state index contributed by atoms with van der Waals surface area (Å²) in [5.74, 6) is -0.692. The van der Waals surface area contributed by atoms with Gasteiger partial charge in [0.1, 0.15) is 5.83 Å². The van der Waals surface area contributed by atoms with Crippen molar-refractivity contribution < 1.29 is 22.4 Å². The average molecular weight is 470 g/mol. The van der Waals surface area contributed by atoms with Gasteiger partial charge in [0.2, 0.25) is 0 Å². The molecule has 3 rings (SSSR count). The van der Waals surface area contributed by atoms with Gasteiger partial charge in [0.15, 0.2) is 0 Å². The molecule has 2 N–H and O–H groups in total. The number of rotatable bonds is 5. The average Bonchev–Trinajstić information content (AvgIpc) is 2.97. The fraction of sp³-hybridized carbons (Fsp3) is 0.261. The van der Waals surface area contributed by atoms with E-state index in [-0.39, 0.29) is 31.4 Å². The Hall–Kier alpha value is -2.84. The number of aromatic nitrogens is 1. The number of fused-ring (bicyclic) bond motifs is 1. The van der Waals surface area contributed by atoms with E-state index in [1.807, 2.05) is 0 Å². The Labute approximate surface area is 189 Å². The van der Waals surface area contributed by atoms with Gasteiger partial charge in [-0.3, -0.25) is 4.79 Å². The summed E-state index contributed by atoms with van der Waals surface area (Å²) in [6.07, 6.45) is -3.25. The van der Waals surface area contributed by atoms with Crippen LogP contribution in [0.2, 0.25) is 0 Å². The van der Waals surface area contributed by atoms with Crippen LogP contribution in [0.4, 0.5) is 17.6 Å². The van der Waals surface area contributed by atoms with Gasteiger partial charge >= 0.3 is 6.18 Å². The zero-order valence-electron chi connectivity index (χ0n) is 17.8. The molecule has 4 nitrogen and oxygen atoms in total. The second-order valence-corrected chi connectivity index (χ2v) is 7.44. The molecular weight excluding hydrogens is 446 g/mol. The lowest BCUT2D eigenvalue weighted by Gasteiger charge is -2.11. The number of carbonyl (C=O) groups excluding carboxylic acids is 1. The maximum Gasteiger partial charge on any atom is 0.416 e. The van der Waals surface area contributed by atoms with Crippen LogP contribution in [0.3, 0.4) is 0 Å². The predicted molar refractivity (Wildman–Crippen MR) is 121 cm³/mol. The van der Waals surface area contributed by atoms with Gasteiger partial charge in [0, 0.05) is 48.4 Å².